The number of carboxylic acid groups (broad SMARTS) is 1. The maximum absolute atomic E-state index is 12.4. The number of amides is 2. The zero-order valence-electron chi connectivity index (χ0n) is 24.0. The van der Waals surface area contributed by atoms with E-state index >= 15 is 0 Å². The molecule has 1 aromatic carbocycles. The predicted octanol–water partition coefficient (Wildman–Crippen LogP) is 6.97. The average molecular weight is 567 g/mol. The summed E-state index contributed by atoms with van der Waals surface area (Å²) >= 11 is 6.78. The highest BCUT2D eigenvalue weighted by Crippen LogP contribution is 2.44. The Labute approximate surface area is 232 Å². The zero-order valence-corrected chi connectivity index (χ0v) is 25.8. The molecule has 3 N–H and O–H groups in total. The van der Waals surface area contributed by atoms with Gasteiger partial charge in [-0.2, -0.15) is 5.26 Å². The second-order valence-corrected chi connectivity index (χ2v) is 17.6. The van der Waals surface area contributed by atoms with Gasteiger partial charge in [0.1, 0.15) is 5.60 Å². The van der Waals surface area contributed by atoms with E-state index in [-0.39, 0.29) is 16.8 Å². The summed E-state index contributed by atoms with van der Waals surface area (Å²) in [5.41, 5.74) is 1.43. The van der Waals surface area contributed by atoms with Gasteiger partial charge >= 0.3 is 12.2 Å². The van der Waals surface area contributed by atoms with Gasteiger partial charge in [0.05, 0.1) is 40.2 Å². The van der Waals surface area contributed by atoms with E-state index in [0.29, 0.717) is 47.4 Å². The lowest BCUT2D eigenvalue weighted by atomic mass is 10.0. The Morgan fingerprint density at radius 1 is 1.16 bits per heavy atom. The molecule has 2 atom stereocenters. The van der Waals surface area contributed by atoms with Crippen molar-refractivity contribution in [1.29, 1.82) is 5.26 Å². The number of carbonyl (C=O) groups excluding carboxylic acids is 1. The number of ether oxygens (including phenoxy) is 1. The van der Waals surface area contributed by atoms with E-state index in [4.69, 9.17) is 20.8 Å². The van der Waals surface area contributed by atoms with E-state index in [1.54, 1.807) is 26.8 Å². The van der Waals surface area contributed by atoms with E-state index in [2.05, 4.69) is 58.2 Å². The number of benzene rings is 1. The summed E-state index contributed by atoms with van der Waals surface area (Å²) in [4.78, 5) is 26.1. The van der Waals surface area contributed by atoms with E-state index in [0.717, 1.165) is 0 Å². The van der Waals surface area contributed by atoms with Crippen molar-refractivity contribution in [3.8, 4) is 6.07 Å². The Morgan fingerprint density at radius 2 is 1.74 bits per heavy atom. The second-order valence-electron chi connectivity index (χ2n) is 11.9. The van der Waals surface area contributed by atoms with Crippen LogP contribution in [0.3, 0.4) is 0 Å². The van der Waals surface area contributed by atoms with Crippen LogP contribution < -0.4 is 15.5 Å². The normalized spacial score (nSPS) is 18.5. The average Bonchev–Trinajstić information content (AvgIpc) is 2.77. The topological polar surface area (TPSA) is 124 Å². The number of nitrogens with zero attached hydrogens (tertiary/aromatic N) is 2. The van der Waals surface area contributed by atoms with Crippen LogP contribution in [0, 0.1) is 11.3 Å². The molecule has 2 rings (SSSR count). The molecule has 0 aliphatic carbocycles. The number of nitriles is 1. The molecule has 1 aliphatic rings. The minimum atomic E-state index is -2.34. The van der Waals surface area contributed by atoms with Gasteiger partial charge in [-0.05, 0) is 55.9 Å². The number of piperidine rings is 1. The number of anilines is 2. The fourth-order valence-corrected chi connectivity index (χ4v) is 11.5. The summed E-state index contributed by atoms with van der Waals surface area (Å²) in [5, 5.41) is 24.8. The molecule has 0 aromatic heterocycles. The Bertz CT molecular complexity index is 1030. The highest BCUT2D eigenvalue weighted by molar-refractivity contribution is 6.77. The molecule has 1 heterocycles. The molecule has 1 aromatic rings. The molecule has 0 saturated carbocycles. The van der Waals surface area contributed by atoms with Gasteiger partial charge in [-0.15, -0.1) is 0 Å². The number of carbonyl (C=O) groups is 2. The van der Waals surface area contributed by atoms with E-state index in [1.165, 1.54) is 6.07 Å². The molecule has 0 bridgehead atoms. The van der Waals surface area contributed by atoms with Crippen molar-refractivity contribution in [2.24, 2.45) is 0 Å². The minimum absolute atomic E-state index is 0.272. The number of rotatable bonds is 8. The first kappa shape index (κ1) is 31.7. The number of hydrogen-bond donors (Lipinski definition) is 3. The summed E-state index contributed by atoms with van der Waals surface area (Å²) in [6.45, 7) is 19.3. The van der Waals surface area contributed by atoms with Crippen molar-refractivity contribution in [2.75, 3.05) is 23.3 Å². The monoisotopic (exact) mass is 566 g/mol. The first-order valence-corrected chi connectivity index (χ1v) is 15.7. The lowest BCUT2D eigenvalue weighted by Gasteiger charge is -2.49. The van der Waals surface area contributed by atoms with Crippen LogP contribution in [-0.4, -0.2) is 56.4 Å². The van der Waals surface area contributed by atoms with Crippen LogP contribution in [0.5, 0.6) is 0 Å². The molecule has 11 heteroatoms. The van der Waals surface area contributed by atoms with Gasteiger partial charge in [0.2, 0.25) is 8.32 Å². The smallest absolute Gasteiger partial charge is 0.412 e. The molecular formula is C27H43ClN4O5Si. The van der Waals surface area contributed by atoms with Gasteiger partial charge in [0.25, 0.3) is 0 Å². The third-order valence-corrected chi connectivity index (χ3v) is 13.6. The molecule has 0 radical (unpaired) electrons. The summed E-state index contributed by atoms with van der Waals surface area (Å²) in [6, 6.07) is 4.94. The molecular weight excluding hydrogens is 524 g/mol. The third kappa shape index (κ3) is 7.55. The van der Waals surface area contributed by atoms with Crippen LogP contribution in [0.1, 0.15) is 74.3 Å². The van der Waals surface area contributed by atoms with E-state index < -0.39 is 32.2 Å². The fourth-order valence-electron chi connectivity index (χ4n) is 5.66. The lowest BCUT2D eigenvalue weighted by Crippen LogP contribution is -2.61. The fraction of sp³-hybridized carbons (Fsp3) is 0.667. The Balaban J connectivity index is 2.48. The van der Waals surface area contributed by atoms with E-state index in [9.17, 15) is 20.0 Å². The van der Waals surface area contributed by atoms with Gasteiger partial charge in [0, 0.05) is 13.1 Å². The van der Waals surface area contributed by atoms with Gasteiger partial charge in [0.15, 0.2) is 0 Å². The largest absolute Gasteiger partial charge is 0.465 e. The SMILES string of the molecule is CC(C)[Si](OC1CN(c2cc(C#N)cc(NC(=O)OC(C)(C)C)c2Cl)CCC1NC(=O)O)(C(C)C)C(C)C. The van der Waals surface area contributed by atoms with Crippen LogP contribution in [-0.2, 0) is 9.16 Å². The quantitative estimate of drug-likeness (QED) is 0.290. The lowest BCUT2D eigenvalue weighted by molar-refractivity contribution is 0.0636. The molecule has 2 unspecified atom stereocenters. The van der Waals surface area contributed by atoms with Gasteiger partial charge in [-0.3, -0.25) is 5.32 Å². The Morgan fingerprint density at radius 3 is 2.21 bits per heavy atom. The number of halogens is 1. The standard InChI is InChI=1S/C27H43ClN4O5Si/c1-16(2)38(17(3)4,18(5)6)37-23-15-32(11-10-20(23)30-25(33)34)22-13-19(14-29)12-21(24(22)28)31-26(35)36-27(7,8)9/h12-13,16-18,20,23,30H,10-11,15H2,1-9H3,(H,31,35)(H,33,34). The first-order chi connectivity index (χ1) is 17.5. The van der Waals surface area contributed by atoms with Gasteiger partial charge < -0.3 is 24.5 Å². The van der Waals surface area contributed by atoms with Crippen LogP contribution in [0.15, 0.2) is 12.1 Å². The van der Waals surface area contributed by atoms with Crippen LogP contribution in [0.4, 0.5) is 21.0 Å². The second kappa shape index (κ2) is 12.6. The predicted molar refractivity (Wildman–Crippen MR) is 154 cm³/mol. The maximum atomic E-state index is 12.4. The van der Waals surface area contributed by atoms with Crippen molar-refractivity contribution in [2.45, 2.75) is 103 Å². The van der Waals surface area contributed by atoms with Crippen molar-refractivity contribution in [3.63, 3.8) is 0 Å². The zero-order chi connectivity index (χ0) is 29.0. The molecule has 212 valence electrons. The van der Waals surface area contributed by atoms with E-state index in [1.807, 2.05) is 4.90 Å². The number of hydrogen-bond acceptors (Lipinski definition) is 6. The first-order valence-electron chi connectivity index (χ1n) is 13.2. The minimum Gasteiger partial charge on any atom is -0.465 e. The van der Waals surface area contributed by atoms with Gasteiger partial charge in [-0.25, -0.2) is 9.59 Å². The molecule has 0 spiro atoms. The molecule has 2 amide bonds. The van der Waals surface area contributed by atoms with Crippen molar-refractivity contribution in [3.05, 3.63) is 22.7 Å². The summed E-state index contributed by atoms with van der Waals surface area (Å²) < 4.78 is 12.4. The maximum Gasteiger partial charge on any atom is 0.412 e. The molecule has 1 saturated heterocycles. The van der Waals surface area contributed by atoms with Crippen molar-refractivity contribution >= 4 is 43.5 Å². The number of nitrogens with one attached hydrogen (secondary N) is 2. The van der Waals surface area contributed by atoms with Crippen molar-refractivity contribution < 1.29 is 23.9 Å². The molecule has 1 aliphatic heterocycles. The molecule has 9 nitrogen and oxygen atoms in total. The molecule has 38 heavy (non-hydrogen) atoms. The summed E-state index contributed by atoms with van der Waals surface area (Å²) in [7, 11) is -2.34. The molecule has 1 fully saturated rings. The van der Waals surface area contributed by atoms with Crippen LogP contribution in [0.25, 0.3) is 0 Å². The Hall–Kier alpha value is -2.48. The van der Waals surface area contributed by atoms with Gasteiger partial charge in [-0.1, -0.05) is 53.1 Å². The Kier molecular flexibility index (Phi) is 10.5. The van der Waals surface area contributed by atoms with Crippen molar-refractivity contribution in [1.82, 2.24) is 5.32 Å². The summed E-state index contributed by atoms with van der Waals surface area (Å²) in [5.74, 6) is 0. The highest BCUT2D eigenvalue weighted by atomic mass is 35.5. The summed E-state index contributed by atoms with van der Waals surface area (Å²) in [6.07, 6.45) is -1.68. The van der Waals surface area contributed by atoms with Crippen LogP contribution in [0.2, 0.25) is 21.6 Å². The van der Waals surface area contributed by atoms with Crippen LogP contribution >= 0.6 is 11.6 Å². The highest BCUT2D eigenvalue weighted by Gasteiger charge is 2.48. The third-order valence-electron chi connectivity index (χ3n) is 7.09.